The fraction of sp³-hybridized carbons (Fsp3) is 0.882. The van der Waals surface area contributed by atoms with Gasteiger partial charge in [0.15, 0.2) is 0 Å². The van der Waals surface area contributed by atoms with E-state index in [9.17, 15) is 9.90 Å². The maximum atomic E-state index is 11.2. The number of hydrogen-bond acceptors (Lipinski definition) is 2. The number of nitrogens with zero attached hydrogens (tertiary/aromatic N) is 3. The molecular formula is C17H33N3O2. The summed E-state index contributed by atoms with van der Waals surface area (Å²) in [5.41, 5.74) is 0. The average molecular weight is 311 g/mol. The Labute approximate surface area is 135 Å². The summed E-state index contributed by atoms with van der Waals surface area (Å²) in [4.78, 5) is 15.9. The van der Waals surface area contributed by atoms with Crippen LogP contribution in [0.3, 0.4) is 0 Å². The van der Waals surface area contributed by atoms with Crippen LogP contribution in [0, 0.1) is 5.92 Å². The van der Waals surface area contributed by atoms with Crippen molar-refractivity contribution in [2.45, 2.75) is 52.4 Å². The Hall–Kier alpha value is -1.26. The number of hydrogen-bond donors (Lipinski definition) is 0. The zero-order valence-corrected chi connectivity index (χ0v) is 14.8. The van der Waals surface area contributed by atoms with E-state index in [0.29, 0.717) is 6.54 Å². The molecule has 22 heavy (non-hydrogen) atoms. The monoisotopic (exact) mass is 311 g/mol. The Morgan fingerprint density at radius 3 is 2.27 bits per heavy atom. The van der Waals surface area contributed by atoms with Gasteiger partial charge in [-0.1, -0.05) is 26.7 Å². The topological polar surface area (TPSA) is 49.6 Å². The highest BCUT2D eigenvalue weighted by Gasteiger charge is 2.32. The minimum absolute atomic E-state index is 0.345. The van der Waals surface area contributed by atoms with E-state index in [-0.39, 0.29) is 5.92 Å². The van der Waals surface area contributed by atoms with E-state index >= 15 is 0 Å². The summed E-state index contributed by atoms with van der Waals surface area (Å²) >= 11 is 0. The molecule has 0 aromatic heterocycles. The first-order valence-electron chi connectivity index (χ1n) is 8.76. The largest absolute Gasteiger partial charge is 0.550 e. The molecule has 1 heterocycles. The number of piperidine rings is 1. The van der Waals surface area contributed by atoms with Crippen LogP contribution in [0.25, 0.3) is 0 Å². The molecule has 1 unspecified atom stereocenters. The van der Waals surface area contributed by atoms with E-state index in [2.05, 4.69) is 42.3 Å². The van der Waals surface area contributed by atoms with Crippen molar-refractivity contribution < 1.29 is 14.5 Å². The highest BCUT2D eigenvalue weighted by atomic mass is 16.4. The van der Waals surface area contributed by atoms with E-state index in [1.54, 1.807) is 0 Å². The molecule has 0 N–H and O–H groups in total. The molecule has 5 nitrogen and oxygen atoms in total. The summed E-state index contributed by atoms with van der Waals surface area (Å²) in [6.07, 6.45) is 6.34. The van der Waals surface area contributed by atoms with Gasteiger partial charge in [0, 0.05) is 11.9 Å². The smallest absolute Gasteiger partial charge is 0.350 e. The number of carbonyl (C=O) groups is 1. The molecule has 0 radical (unpaired) electrons. The molecule has 1 atom stereocenters. The molecule has 1 fully saturated rings. The molecule has 0 aromatic rings. The Morgan fingerprint density at radius 1 is 1.23 bits per heavy atom. The van der Waals surface area contributed by atoms with Crippen molar-refractivity contribution in [2.75, 3.05) is 40.3 Å². The SMILES string of the molecule is CCCCN(CCCC)C(N1CCCC(C(=O)[O-])C1)=[N+](C)C. The van der Waals surface area contributed by atoms with Crippen LogP contribution in [0.5, 0.6) is 0 Å². The predicted molar refractivity (Wildman–Crippen MR) is 87.8 cm³/mol. The molecule has 1 aliphatic heterocycles. The van der Waals surface area contributed by atoms with Crippen LogP contribution in [-0.2, 0) is 4.79 Å². The predicted octanol–water partition coefficient (Wildman–Crippen LogP) is 0.979. The van der Waals surface area contributed by atoms with E-state index < -0.39 is 5.97 Å². The second-order valence-corrected chi connectivity index (χ2v) is 6.49. The summed E-state index contributed by atoms with van der Waals surface area (Å²) in [6, 6.07) is 0. The van der Waals surface area contributed by atoms with Crippen LogP contribution in [0.2, 0.25) is 0 Å². The molecule has 1 saturated heterocycles. The third kappa shape index (κ3) is 5.50. The van der Waals surface area contributed by atoms with Gasteiger partial charge in [-0.15, -0.1) is 0 Å². The number of carboxylic acids is 1. The van der Waals surface area contributed by atoms with Crippen molar-refractivity contribution in [3.63, 3.8) is 0 Å². The fourth-order valence-corrected chi connectivity index (χ4v) is 3.13. The first-order chi connectivity index (χ1) is 10.5. The molecule has 0 spiro atoms. The minimum atomic E-state index is -0.906. The highest BCUT2D eigenvalue weighted by molar-refractivity contribution is 5.77. The molecule has 0 aliphatic carbocycles. The van der Waals surface area contributed by atoms with Crippen LogP contribution in [-0.4, -0.2) is 66.6 Å². The molecule has 0 saturated carbocycles. The second kappa shape index (κ2) is 9.70. The first kappa shape index (κ1) is 18.8. The second-order valence-electron chi connectivity index (χ2n) is 6.49. The third-order valence-electron chi connectivity index (χ3n) is 4.28. The van der Waals surface area contributed by atoms with Crippen LogP contribution in [0.4, 0.5) is 0 Å². The van der Waals surface area contributed by atoms with Crippen molar-refractivity contribution in [3.8, 4) is 0 Å². The molecule has 5 heteroatoms. The fourth-order valence-electron chi connectivity index (χ4n) is 3.13. The summed E-state index contributed by atoms with van der Waals surface area (Å²) in [5.74, 6) is -0.0766. The van der Waals surface area contributed by atoms with Gasteiger partial charge in [0.2, 0.25) is 0 Å². The minimum Gasteiger partial charge on any atom is -0.550 e. The summed E-state index contributed by atoms with van der Waals surface area (Å²) in [5, 5.41) is 11.2. The van der Waals surface area contributed by atoms with Gasteiger partial charge in [-0.05, 0) is 25.7 Å². The molecule has 1 aliphatic rings. The van der Waals surface area contributed by atoms with Crippen LogP contribution < -0.4 is 5.11 Å². The lowest BCUT2D eigenvalue weighted by Gasteiger charge is -2.35. The molecular weight excluding hydrogens is 278 g/mol. The van der Waals surface area contributed by atoms with Crippen molar-refractivity contribution in [2.24, 2.45) is 5.92 Å². The van der Waals surface area contributed by atoms with Gasteiger partial charge in [0.1, 0.15) is 0 Å². The van der Waals surface area contributed by atoms with E-state index in [4.69, 9.17) is 0 Å². The maximum absolute atomic E-state index is 11.2. The van der Waals surface area contributed by atoms with Gasteiger partial charge in [0.05, 0.1) is 40.3 Å². The lowest BCUT2D eigenvalue weighted by atomic mass is 9.98. The maximum Gasteiger partial charge on any atom is 0.350 e. The molecule has 0 bridgehead atoms. The quantitative estimate of drug-likeness (QED) is 0.399. The summed E-state index contributed by atoms with van der Waals surface area (Å²) in [7, 11) is 4.12. The van der Waals surface area contributed by atoms with Crippen LogP contribution in [0.15, 0.2) is 0 Å². The Balaban J connectivity index is 2.88. The number of unbranched alkanes of at least 4 members (excludes halogenated alkanes) is 2. The zero-order valence-electron chi connectivity index (χ0n) is 14.8. The number of guanidine groups is 1. The van der Waals surface area contributed by atoms with Crippen molar-refractivity contribution in [1.29, 1.82) is 0 Å². The van der Waals surface area contributed by atoms with Crippen molar-refractivity contribution >= 4 is 11.9 Å². The molecule has 128 valence electrons. The average Bonchev–Trinajstić information content (AvgIpc) is 2.49. The number of rotatable bonds is 7. The number of aliphatic carboxylic acids is 1. The van der Waals surface area contributed by atoms with E-state index in [0.717, 1.165) is 32.5 Å². The van der Waals surface area contributed by atoms with Crippen molar-refractivity contribution in [3.05, 3.63) is 0 Å². The lowest BCUT2D eigenvalue weighted by molar-refractivity contribution is -0.476. The Morgan fingerprint density at radius 2 is 1.82 bits per heavy atom. The van der Waals surface area contributed by atoms with Gasteiger partial charge in [-0.3, -0.25) is 14.4 Å². The van der Waals surface area contributed by atoms with Crippen molar-refractivity contribution in [1.82, 2.24) is 9.80 Å². The normalized spacial score (nSPS) is 18.2. The summed E-state index contributed by atoms with van der Waals surface area (Å²) in [6.45, 7) is 8.00. The molecule has 1 rings (SSSR count). The van der Waals surface area contributed by atoms with Gasteiger partial charge in [-0.25, -0.2) is 0 Å². The summed E-state index contributed by atoms with van der Waals surface area (Å²) < 4.78 is 2.14. The lowest BCUT2D eigenvalue weighted by Crippen LogP contribution is -2.54. The first-order valence-corrected chi connectivity index (χ1v) is 8.76. The van der Waals surface area contributed by atoms with E-state index in [1.807, 2.05) is 0 Å². The third-order valence-corrected chi connectivity index (χ3v) is 4.28. The van der Waals surface area contributed by atoms with Gasteiger partial charge in [0.25, 0.3) is 0 Å². The van der Waals surface area contributed by atoms with Crippen LogP contribution in [0.1, 0.15) is 52.4 Å². The standard InChI is InChI=1S/C17H33N3O2/c1-5-7-11-19(12-8-6-2)17(18(3)4)20-13-9-10-15(14-20)16(21)22/h15H,5-14H2,1-4H3. The number of carbonyl (C=O) groups excluding carboxylic acids is 1. The number of carboxylic acid groups (broad SMARTS) is 1. The van der Waals surface area contributed by atoms with E-state index in [1.165, 1.54) is 31.6 Å². The Bertz CT molecular complexity index is 370. The van der Waals surface area contributed by atoms with Gasteiger partial charge >= 0.3 is 5.96 Å². The zero-order chi connectivity index (χ0) is 16.5. The molecule has 0 aromatic carbocycles. The van der Waals surface area contributed by atoms with Crippen LogP contribution >= 0.6 is 0 Å². The number of likely N-dealkylation sites (tertiary alicyclic amines) is 1. The Kier molecular flexibility index (Phi) is 8.28. The highest BCUT2D eigenvalue weighted by Crippen LogP contribution is 2.18. The van der Waals surface area contributed by atoms with Gasteiger partial charge < -0.3 is 9.90 Å². The van der Waals surface area contributed by atoms with Gasteiger partial charge in [-0.2, -0.15) is 0 Å². The molecule has 0 amide bonds.